The molecule has 2 N–H and O–H groups in total. The molecule has 0 spiro atoms. The molecule has 0 unspecified atom stereocenters. The first kappa shape index (κ1) is 31.4. The van der Waals surface area contributed by atoms with Crippen LogP contribution in [0, 0.1) is 27.3 Å². The third kappa shape index (κ3) is 10.5. The third-order valence-corrected chi connectivity index (χ3v) is 4.80. The summed E-state index contributed by atoms with van der Waals surface area (Å²) in [4.78, 5) is 4.92. The molecule has 2 aromatic rings. The number of rotatable bonds is 6. The normalized spacial score (nSPS) is 13.7. The Bertz CT molecular complexity index is 1010. The fourth-order valence-corrected chi connectivity index (χ4v) is 3.41. The van der Waals surface area contributed by atoms with E-state index in [1.807, 2.05) is 32.0 Å². The van der Waals surface area contributed by atoms with Gasteiger partial charge >= 0.3 is 0 Å². The summed E-state index contributed by atoms with van der Waals surface area (Å²) in [6.45, 7) is 5.17. The number of benzene rings is 2. The summed E-state index contributed by atoms with van der Waals surface area (Å²) in [5.41, 5.74) is 7.45. The molecule has 0 aromatic heterocycles. The van der Waals surface area contributed by atoms with Gasteiger partial charge in [-0.15, -0.1) is 23.3 Å². The van der Waals surface area contributed by atoms with Gasteiger partial charge < -0.3 is 27.0 Å². The SMILES string of the molecule is COCCOc1[c-]c2c(cc1)CCCC2=Nc1cc(C)c(CO)c(C)c1.CS(=O)(=O)O.[CH3-].[Ir]. The van der Waals surface area contributed by atoms with Gasteiger partial charge in [0.2, 0.25) is 0 Å². The van der Waals surface area contributed by atoms with Crippen LogP contribution in [0.25, 0.3) is 0 Å². The Balaban J connectivity index is 0.00000133. The average Bonchev–Trinajstić information content (AvgIpc) is 2.67. The van der Waals surface area contributed by atoms with Crippen LogP contribution in [0.2, 0.25) is 0 Å². The summed E-state index contributed by atoms with van der Waals surface area (Å²) in [5.74, 6) is 0.735. The molecule has 1 aliphatic rings. The predicted molar refractivity (Wildman–Crippen MR) is 128 cm³/mol. The van der Waals surface area contributed by atoms with E-state index in [2.05, 4.69) is 12.1 Å². The number of aliphatic hydroxyl groups is 1. The monoisotopic (exact) mass is 656 g/mol. The van der Waals surface area contributed by atoms with Crippen molar-refractivity contribution >= 4 is 21.5 Å². The number of ether oxygens (including phenoxy) is 2. The molecule has 0 saturated carbocycles. The number of hydrogen-bond donors (Lipinski definition) is 2. The minimum Gasteiger partial charge on any atom is -0.511 e. The van der Waals surface area contributed by atoms with Crippen molar-refractivity contribution in [1.82, 2.24) is 0 Å². The van der Waals surface area contributed by atoms with Gasteiger partial charge in [0.25, 0.3) is 10.1 Å². The van der Waals surface area contributed by atoms with Crippen LogP contribution in [0.5, 0.6) is 5.75 Å². The minimum absolute atomic E-state index is 0. The van der Waals surface area contributed by atoms with Crippen molar-refractivity contribution in [2.24, 2.45) is 4.99 Å². The molecule has 0 heterocycles. The van der Waals surface area contributed by atoms with Crippen molar-refractivity contribution in [3.63, 3.8) is 0 Å². The van der Waals surface area contributed by atoms with Gasteiger partial charge in [-0.25, -0.2) is 0 Å². The van der Waals surface area contributed by atoms with Crippen LogP contribution in [-0.2, 0) is 48.0 Å². The average molecular weight is 656 g/mol. The summed E-state index contributed by atoms with van der Waals surface area (Å²) >= 11 is 0. The zero-order valence-electron chi connectivity index (χ0n) is 19.8. The third-order valence-electron chi connectivity index (χ3n) is 4.80. The second-order valence-corrected chi connectivity index (χ2v) is 8.89. The number of fused-ring (bicyclic) bond motifs is 1. The van der Waals surface area contributed by atoms with E-state index in [0.29, 0.717) is 19.5 Å². The van der Waals surface area contributed by atoms with Crippen molar-refractivity contribution in [1.29, 1.82) is 0 Å². The first-order valence-electron chi connectivity index (χ1n) is 10.0. The van der Waals surface area contributed by atoms with Crippen LogP contribution in [0.1, 0.15) is 40.7 Å². The van der Waals surface area contributed by atoms with Crippen LogP contribution in [0.3, 0.4) is 0 Å². The molecule has 3 rings (SSSR count). The van der Waals surface area contributed by atoms with Crippen molar-refractivity contribution < 1.29 is 47.7 Å². The number of aryl methyl sites for hydroxylation is 3. The molecule has 7 nitrogen and oxygen atoms in total. The van der Waals surface area contributed by atoms with Crippen molar-refractivity contribution in [3.8, 4) is 5.75 Å². The van der Waals surface area contributed by atoms with Gasteiger partial charge in [0.15, 0.2) is 0 Å². The van der Waals surface area contributed by atoms with E-state index in [9.17, 15) is 13.5 Å². The van der Waals surface area contributed by atoms with Gasteiger partial charge in [0.05, 0.1) is 25.2 Å². The van der Waals surface area contributed by atoms with E-state index in [4.69, 9.17) is 19.0 Å². The maximum atomic E-state index is 9.50. The van der Waals surface area contributed by atoms with E-state index in [-0.39, 0.29) is 34.1 Å². The van der Waals surface area contributed by atoms with Gasteiger partial charge in [-0.3, -0.25) is 4.55 Å². The van der Waals surface area contributed by atoms with E-state index in [0.717, 1.165) is 58.7 Å². The van der Waals surface area contributed by atoms with Crippen molar-refractivity contribution in [2.45, 2.75) is 39.7 Å². The van der Waals surface area contributed by atoms with Gasteiger partial charge in [0.1, 0.15) is 6.61 Å². The van der Waals surface area contributed by atoms with Crippen LogP contribution in [0.15, 0.2) is 29.3 Å². The molecule has 9 heteroatoms. The van der Waals surface area contributed by atoms with Gasteiger partial charge in [0, 0.05) is 33.0 Å². The maximum Gasteiger partial charge on any atom is 0.261 e. The smallest absolute Gasteiger partial charge is 0.261 e. The Morgan fingerprint density at radius 2 is 1.73 bits per heavy atom. The quantitative estimate of drug-likeness (QED) is 0.277. The first-order chi connectivity index (χ1) is 14.6. The Kier molecular flexibility index (Phi) is 13.9. The largest absolute Gasteiger partial charge is 0.511 e. The Morgan fingerprint density at radius 3 is 2.27 bits per heavy atom. The minimum atomic E-state index is -3.67. The summed E-state index contributed by atoms with van der Waals surface area (Å²) < 4.78 is 36.6. The molecule has 0 amide bonds. The molecular weight excluding hydrogens is 623 g/mol. The van der Waals surface area contributed by atoms with E-state index in [1.165, 1.54) is 5.56 Å². The number of aliphatic hydroxyl groups excluding tert-OH is 1. The summed E-state index contributed by atoms with van der Waals surface area (Å²) in [6, 6.07) is 11.6. The second-order valence-electron chi connectivity index (χ2n) is 7.43. The molecule has 2 aromatic carbocycles. The van der Waals surface area contributed by atoms with E-state index < -0.39 is 10.1 Å². The predicted octanol–water partition coefficient (Wildman–Crippen LogP) is 4.03. The zero-order valence-corrected chi connectivity index (χ0v) is 23.0. The molecule has 1 radical (unpaired) electrons. The summed E-state index contributed by atoms with van der Waals surface area (Å²) in [5, 5.41) is 9.50. The fraction of sp³-hybridized carbons (Fsp3) is 0.417. The van der Waals surface area contributed by atoms with Gasteiger partial charge in [-0.2, -0.15) is 8.42 Å². The van der Waals surface area contributed by atoms with Gasteiger partial charge in [-0.1, -0.05) is 18.9 Å². The summed E-state index contributed by atoms with van der Waals surface area (Å²) in [6.07, 6.45) is 3.79. The molecule has 0 fully saturated rings. The molecule has 0 bridgehead atoms. The standard InChI is InChI=1S/C22H26NO3.CH4O3S.CH3.Ir/c1-15-11-18(12-16(2)21(15)14-24)23-22-6-4-5-17-7-8-19(13-20(17)22)26-10-9-25-3;1-5(2,3)4;;/h7-8,11-12,24H,4-6,9-10,14H2,1-3H3;1H3,(H,2,3,4);1H3;/q-1;;-1;. The Labute approximate surface area is 211 Å². The zero-order chi connectivity index (χ0) is 23.0. The molecule has 187 valence electrons. The van der Waals surface area contributed by atoms with Crippen LogP contribution < -0.4 is 4.74 Å². The van der Waals surface area contributed by atoms with Crippen molar-refractivity contribution in [2.75, 3.05) is 26.6 Å². The van der Waals surface area contributed by atoms with Gasteiger partial charge in [-0.05, 0) is 54.8 Å². The Morgan fingerprint density at radius 1 is 1.12 bits per heavy atom. The number of aliphatic imine (C=N–C) groups is 1. The maximum absolute atomic E-state index is 9.50. The number of nitrogens with zero attached hydrogens (tertiary/aromatic N) is 1. The van der Waals surface area contributed by atoms with E-state index in [1.54, 1.807) is 7.11 Å². The molecule has 0 aliphatic heterocycles. The number of hydrogen-bond acceptors (Lipinski definition) is 6. The van der Waals surface area contributed by atoms with Crippen LogP contribution >= 0.6 is 0 Å². The number of methoxy groups -OCH3 is 1. The molecule has 33 heavy (non-hydrogen) atoms. The summed E-state index contributed by atoms with van der Waals surface area (Å²) in [7, 11) is -2.00. The Hall–Kier alpha value is -1.61. The van der Waals surface area contributed by atoms with E-state index >= 15 is 0 Å². The molecular formula is C24H33IrNO6S-2. The topological polar surface area (TPSA) is 105 Å². The molecule has 1 aliphatic carbocycles. The second kappa shape index (κ2) is 14.6. The van der Waals surface area contributed by atoms with Crippen molar-refractivity contribution in [3.05, 3.63) is 65.6 Å². The molecule has 0 atom stereocenters. The molecule has 0 saturated heterocycles. The fourth-order valence-electron chi connectivity index (χ4n) is 3.41. The van der Waals surface area contributed by atoms with Crippen LogP contribution in [0.4, 0.5) is 5.69 Å². The van der Waals surface area contributed by atoms with Crippen LogP contribution in [-0.4, -0.2) is 50.4 Å². The first-order valence-corrected chi connectivity index (χ1v) is 11.9.